The topological polar surface area (TPSA) is 0 Å². The lowest BCUT2D eigenvalue weighted by atomic mass is 10.00. The van der Waals surface area contributed by atoms with E-state index in [0.717, 1.165) is 11.6 Å². The fourth-order valence-electron chi connectivity index (χ4n) is 2.00. The molecule has 0 fully saturated rings. The van der Waals surface area contributed by atoms with Crippen molar-refractivity contribution in [1.29, 1.82) is 0 Å². The van der Waals surface area contributed by atoms with Crippen LogP contribution < -0.4 is 0 Å². The maximum absolute atomic E-state index is 13.7. The van der Waals surface area contributed by atoms with Gasteiger partial charge in [-0.15, -0.1) is 0 Å². The first-order valence-corrected chi connectivity index (χ1v) is 7.04. The van der Waals surface area contributed by atoms with Gasteiger partial charge in [-0.2, -0.15) is 0 Å². The predicted molar refractivity (Wildman–Crippen MR) is 77.6 cm³/mol. The third-order valence-electron chi connectivity index (χ3n) is 3.29. The summed E-state index contributed by atoms with van der Waals surface area (Å²) in [4.78, 5) is -0.157. The molecule has 1 atom stereocenters. The van der Waals surface area contributed by atoms with Crippen molar-refractivity contribution in [2.24, 2.45) is 0 Å². The molecule has 0 aliphatic rings. The quantitative estimate of drug-likeness (QED) is 0.675. The minimum atomic E-state index is -0.549. The van der Waals surface area contributed by atoms with Gasteiger partial charge in [-0.3, -0.25) is 0 Å². The number of benzene rings is 2. The highest BCUT2D eigenvalue weighted by molar-refractivity contribution is 9.09. The van der Waals surface area contributed by atoms with Gasteiger partial charge in [0.15, 0.2) is 0 Å². The van der Waals surface area contributed by atoms with Gasteiger partial charge in [-0.05, 0) is 43.0 Å². The van der Waals surface area contributed by atoms with E-state index >= 15 is 0 Å². The molecule has 3 heteroatoms. The Morgan fingerprint density at radius 3 is 2.37 bits per heavy atom. The SMILES string of the molecule is Cc1ccc(CC(Br)c2ccc(F)cc2F)cc1C. The summed E-state index contributed by atoms with van der Waals surface area (Å²) in [6.07, 6.45) is 0.670. The van der Waals surface area contributed by atoms with Crippen molar-refractivity contribution in [2.75, 3.05) is 0 Å². The number of rotatable bonds is 3. The molecular formula is C16H15BrF2. The van der Waals surface area contributed by atoms with Crippen LogP contribution in [0, 0.1) is 25.5 Å². The van der Waals surface area contributed by atoms with E-state index in [9.17, 15) is 8.78 Å². The molecule has 0 radical (unpaired) electrons. The number of halogens is 3. The molecule has 0 spiro atoms. The van der Waals surface area contributed by atoms with Crippen molar-refractivity contribution < 1.29 is 8.78 Å². The fraction of sp³-hybridized carbons (Fsp3) is 0.250. The molecule has 2 aromatic rings. The summed E-state index contributed by atoms with van der Waals surface area (Å²) in [6.45, 7) is 4.12. The summed E-state index contributed by atoms with van der Waals surface area (Å²) in [5.41, 5.74) is 4.08. The number of aryl methyl sites for hydroxylation is 2. The molecule has 0 nitrogen and oxygen atoms in total. The Kier molecular flexibility index (Phi) is 4.35. The zero-order valence-corrected chi connectivity index (χ0v) is 12.5. The standard InChI is InChI=1S/C16H15BrF2/c1-10-3-4-12(7-11(10)2)8-15(17)14-6-5-13(18)9-16(14)19/h3-7,9,15H,8H2,1-2H3. The van der Waals surface area contributed by atoms with Crippen molar-refractivity contribution in [3.63, 3.8) is 0 Å². The molecule has 2 aromatic carbocycles. The highest BCUT2D eigenvalue weighted by atomic mass is 79.9. The molecule has 0 amide bonds. The third kappa shape index (κ3) is 3.41. The lowest BCUT2D eigenvalue weighted by molar-refractivity contribution is 0.571. The molecule has 0 heterocycles. The molecule has 0 saturated carbocycles. The van der Waals surface area contributed by atoms with Crippen molar-refractivity contribution in [1.82, 2.24) is 0 Å². The van der Waals surface area contributed by atoms with Crippen LogP contribution in [0.1, 0.15) is 27.1 Å². The molecule has 0 aliphatic carbocycles. The number of alkyl halides is 1. The molecule has 19 heavy (non-hydrogen) atoms. The smallest absolute Gasteiger partial charge is 0.130 e. The largest absolute Gasteiger partial charge is 0.207 e. The van der Waals surface area contributed by atoms with Gasteiger partial charge < -0.3 is 0 Å². The fourth-order valence-corrected chi connectivity index (χ4v) is 2.75. The van der Waals surface area contributed by atoms with Gasteiger partial charge in [0.1, 0.15) is 11.6 Å². The molecule has 0 aromatic heterocycles. The second-order valence-corrected chi connectivity index (χ2v) is 5.86. The second kappa shape index (κ2) is 5.83. The van der Waals surface area contributed by atoms with Crippen LogP contribution >= 0.6 is 15.9 Å². The highest BCUT2D eigenvalue weighted by Gasteiger charge is 2.14. The van der Waals surface area contributed by atoms with Gasteiger partial charge in [0, 0.05) is 16.5 Å². The average Bonchev–Trinajstić information content (AvgIpc) is 2.33. The monoisotopic (exact) mass is 324 g/mol. The van der Waals surface area contributed by atoms with Crippen LogP contribution in [0.5, 0.6) is 0 Å². The van der Waals surface area contributed by atoms with Crippen molar-refractivity contribution >= 4 is 15.9 Å². The zero-order chi connectivity index (χ0) is 14.0. The highest BCUT2D eigenvalue weighted by Crippen LogP contribution is 2.29. The van der Waals surface area contributed by atoms with E-state index in [1.165, 1.54) is 23.3 Å². The Bertz CT molecular complexity index is 593. The minimum absolute atomic E-state index is 0.157. The molecule has 0 aliphatic heterocycles. The van der Waals surface area contributed by atoms with Crippen LogP contribution in [0.15, 0.2) is 36.4 Å². The van der Waals surface area contributed by atoms with Crippen LogP contribution in [0.3, 0.4) is 0 Å². The first-order valence-electron chi connectivity index (χ1n) is 6.12. The maximum Gasteiger partial charge on any atom is 0.130 e. The van der Waals surface area contributed by atoms with Gasteiger partial charge in [-0.25, -0.2) is 8.78 Å². The number of hydrogen-bond acceptors (Lipinski definition) is 0. The molecular weight excluding hydrogens is 310 g/mol. The lowest BCUT2D eigenvalue weighted by Gasteiger charge is -2.12. The summed E-state index contributed by atoms with van der Waals surface area (Å²) in [7, 11) is 0. The molecule has 1 unspecified atom stereocenters. The van der Waals surface area contributed by atoms with E-state index in [1.807, 2.05) is 6.07 Å². The first kappa shape index (κ1) is 14.2. The van der Waals surface area contributed by atoms with Crippen molar-refractivity contribution in [3.8, 4) is 0 Å². The summed E-state index contributed by atoms with van der Waals surface area (Å²) < 4.78 is 26.6. The third-order valence-corrected chi connectivity index (χ3v) is 4.10. The zero-order valence-electron chi connectivity index (χ0n) is 10.9. The summed E-state index contributed by atoms with van der Waals surface area (Å²) >= 11 is 3.48. The molecule has 2 rings (SSSR count). The van der Waals surface area contributed by atoms with E-state index in [4.69, 9.17) is 0 Å². The summed E-state index contributed by atoms with van der Waals surface area (Å²) in [5, 5.41) is 0. The van der Waals surface area contributed by atoms with Crippen LogP contribution in [0.2, 0.25) is 0 Å². The Morgan fingerprint density at radius 1 is 1.00 bits per heavy atom. The molecule has 0 N–H and O–H groups in total. The van der Waals surface area contributed by atoms with Gasteiger partial charge in [0.2, 0.25) is 0 Å². The van der Waals surface area contributed by atoms with E-state index in [2.05, 4.69) is 41.9 Å². The Hall–Kier alpha value is -1.22. The number of hydrogen-bond donors (Lipinski definition) is 0. The van der Waals surface area contributed by atoms with Gasteiger partial charge >= 0.3 is 0 Å². The predicted octanol–water partition coefficient (Wildman–Crippen LogP) is 5.26. The molecule has 0 bridgehead atoms. The normalized spacial score (nSPS) is 12.5. The second-order valence-electron chi connectivity index (χ2n) is 4.76. The summed E-state index contributed by atoms with van der Waals surface area (Å²) in [6, 6.07) is 9.90. The van der Waals surface area contributed by atoms with Gasteiger partial charge in [0.25, 0.3) is 0 Å². The van der Waals surface area contributed by atoms with Gasteiger partial charge in [0.05, 0.1) is 0 Å². The summed E-state index contributed by atoms with van der Waals surface area (Å²) in [5.74, 6) is -1.06. The Morgan fingerprint density at radius 2 is 1.74 bits per heavy atom. The lowest BCUT2D eigenvalue weighted by Crippen LogP contribution is -2.00. The van der Waals surface area contributed by atoms with E-state index < -0.39 is 11.6 Å². The van der Waals surface area contributed by atoms with Crippen LogP contribution in [-0.2, 0) is 6.42 Å². The van der Waals surface area contributed by atoms with E-state index in [1.54, 1.807) is 0 Å². The molecule has 100 valence electrons. The Balaban J connectivity index is 2.20. The van der Waals surface area contributed by atoms with Gasteiger partial charge in [-0.1, -0.05) is 40.2 Å². The van der Waals surface area contributed by atoms with E-state index in [-0.39, 0.29) is 4.83 Å². The van der Waals surface area contributed by atoms with Crippen molar-refractivity contribution in [3.05, 3.63) is 70.3 Å². The van der Waals surface area contributed by atoms with E-state index in [0.29, 0.717) is 12.0 Å². The Labute approximate surface area is 120 Å². The van der Waals surface area contributed by atoms with Crippen LogP contribution in [0.4, 0.5) is 8.78 Å². The first-order chi connectivity index (χ1) is 8.97. The average molecular weight is 325 g/mol. The van der Waals surface area contributed by atoms with Crippen LogP contribution in [-0.4, -0.2) is 0 Å². The molecule has 0 saturated heterocycles. The minimum Gasteiger partial charge on any atom is -0.207 e. The van der Waals surface area contributed by atoms with Crippen LogP contribution in [0.25, 0.3) is 0 Å². The maximum atomic E-state index is 13.7. The van der Waals surface area contributed by atoms with Crippen molar-refractivity contribution in [2.45, 2.75) is 25.1 Å².